The van der Waals surface area contributed by atoms with Gasteiger partial charge in [-0.25, -0.2) is 4.79 Å². The molecule has 1 aliphatic heterocycles. The van der Waals surface area contributed by atoms with Gasteiger partial charge in [-0.15, -0.1) is 0 Å². The Balaban J connectivity index is 1.66. The van der Waals surface area contributed by atoms with Gasteiger partial charge in [0.15, 0.2) is 0 Å². The molecule has 1 aliphatic carbocycles. The molecule has 2 atom stereocenters. The van der Waals surface area contributed by atoms with E-state index in [0.717, 1.165) is 59.8 Å². The van der Waals surface area contributed by atoms with Gasteiger partial charge >= 0.3 is 6.09 Å². The average Bonchev–Trinajstić information content (AvgIpc) is 2.72. The quantitative estimate of drug-likeness (QED) is 0.860. The van der Waals surface area contributed by atoms with Crippen molar-refractivity contribution in [2.24, 2.45) is 5.92 Å². The average molecular weight is 396 g/mol. The lowest BCUT2D eigenvalue weighted by atomic mass is 9.83. The second-order valence-electron chi connectivity index (χ2n) is 8.23. The summed E-state index contributed by atoms with van der Waals surface area (Å²) in [5.74, 6) is 0.612. The van der Waals surface area contributed by atoms with E-state index in [4.69, 9.17) is 9.72 Å². The fourth-order valence-corrected chi connectivity index (χ4v) is 4.58. The van der Waals surface area contributed by atoms with Crippen LogP contribution in [0.25, 0.3) is 10.9 Å². The molecule has 6 heteroatoms. The number of aryl methyl sites for hydroxylation is 1. The van der Waals surface area contributed by atoms with Crippen LogP contribution in [-0.2, 0) is 17.6 Å². The van der Waals surface area contributed by atoms with Crippen molar-refractivity contribution in [2.45, 2.75) is 52.0 Å². The third-order valence-corrected chi connectivity index (χ3v) is 6.03. The molecule has 4 rings (SSSR count). The fourth-order valence-electron chi connectivity index (χ4n) is 4.58. The molecule has 1 saturated heterocycles. The number of aromatic nitrogens is 1. The van der Waals surface area contributed by atoms with Crippen LogP contribution in [-0.4, -0.2) is 47.6 Å². The summed E-state index contributed by atoms with van der Waals surface area (Å²) in [6, 6.07) is 7.87. The van der Waals surface area contributed by atoms with Crippen LogP contribution < -0.4 is 5.32 Å². The Bertz CT molecular complexity index is 927. The molecule has 0 unspecified atom stereocenters. The van der Waals surface area contributed by atoms with Crippen molar-refractivity contribution >= 4 is 22.9 Å². The first-order valence-electron chi connectivity index (χ1n) is 10.7. The van der Waals surface area contributed by atoms with Crippen molar-refractivity contribution in [3.05, 3.63) is 41.1 Å². The lowest BCUT2D eigenvalue weighted by Crippen LogP contribution is -2.50. The van der Waals surface area contributed by atoms with Crippen LogP contribution in [0.1, 0.15) is 54.7 Å². The Labute approximate surface area is 171 Å². The van der Waals surface area contributed by atoms with Crippen molar-refractivity contribution in [2.75, 3.05) is 19.7 Å². The summed E-state index contributed by atoms with van der Waals surface area (Å²) in [5, 5.41) is 3.83. The van der Waals surface area contributed by atoms with Gasteiger partial charge in [0.05, 0.1) is 17.7 Å². The number of amides is 2. The monoisotopic (exact) mass is 395 g/mol. The van der Waals surface area contributed by atoms with Gasteiger partial charge in [-0.3, -0.25) is 9.78 Å². The van der Waals surface area contributed by atoms with Crippen molar-refractivity contribution in [1.82, 2.24) is 15.2 Å². The van der Waals surface area contributed by atoms with Crippen LogP contribution in [0.4, 0.5) is 4.79 Å². The number of hydrogen-bond donors (Lipinski definition) is 1. The van der Waals surface area contributed by atoms with Crippen LogP contribution in [0.3, 0.4) is 0 Å². The van der Waals surface area contributed by atoms with E-state index in [9.17, 15) is 9.59 Å². The van der Waals surface area contributed by atoms with E-state index in [1.165, 1.54) is 0 Å². The molecule has 2 aromatic rings. The van der Waals surface area contributed by atoms with Crippen molar-refractivity contribution < 1.29 is 14.3 Å². The summed E-state index contributed by atoms with van der Waals surface area (Å²) in [6.45, 7) is 5.59. The molecule has 0 radical (unpaired) electrons. The highest BCUT2D eigenvalue weighted by Gasteiger charge is 2.31. The summed E-state index contributed by atoms with van der Waals surface area (Å²) in [5.41, 5.74) is 3.90. The summed E-state index contributed by atoms with van der Waals surface area (Å²) in [7, 11) is 0. The minimum Gasteiger partial charge on any atom is -0.450 e. The molecule has 1 aromatic heterocycles. The predicted molar refractivity (Wildman–Crippen MR) is 112 cm³/mol. The standard InChI is InChI=1S/C23H29N3O3/c1-3-29-23(28)24-16-7-6-12-26(14-16)22(27)21-17-8-4-5-9-19(17)25-20-11-10-15(2)13-18(20)21/h4-5,8-9,15-16H,3,6-7,10-14H2,1-2H3,(H,24,28)/t15-,16+/m1/s1. The van der Waals surface area contributed by atoms with Gasteiger partial charge in [0.2, 0.25) is 0 Å². The van der Waals surface area contributed by atoms with E-state index in [2.05, 4.69) is 12.2 Å². The van der Waals surface area contributed by atoms with E-state index < -0.39 is 6.09 Å². The van der Waals surface area contributed by atoms with Gasteiger partial charge in [-0.1, -0.05) is 25.1 Å². The van der Waals surface area contributed by atoms with Gasteiger partial charge < -0.3 is 15.0 Å². The number of likely N-dealkylation sites (tertiary alicyclic amines) is 1. The zero-order valence-electron chi connectivity index (χ0n) is 17.2. The summed E-state index contributed by atoms with van der Waals surface area (Å²) in [6.07, 6.45) is 4.24. The zero-order valence-corrected chi connectivity index (χ0v) is 17.2. The number of hydrogen-bond acceptors (Lipinski definition) is 4. The number of nitrogens with zero attached hydrogens (tertiary/aromatic N) is 2. The number of para-hydroxylation sites is 1. The number of benzene rings is 1. The van der Waals surface area contributed by atoms with Gasteiger partial charge in [-0.2, -0.15) is 0 Å². The predicted octanol–water partition coefficient (Wildman–Crippen LogP) is 3.71. The Morgan fingerprint density at radius 3 is 2.93 bits per heavy atom. The van der Waals surface area contributed by atoms with Crippen molar-refractivity contribution in [3.8, 4) is 0 Å². The molecule has 1 N–H and O–H groups in total. The molecule has 2 aliphatic rings. The molecule has 0 spiro atoms. The van der Waals surface area contributed by atoms with Crippen LogP contribution in [0.5, 0.6) is 0 Å². The largest absolute Gasteiger partial charge is 0.450 e. The second kappa shape index (κ2) is 8.39. The highest BCUT2D eigenvalue weighted by atomic mass is 16.5. The topological polar surface area (TPSA) is 71.5 Å². The van der Waals surface area contributed by atoms with E-state index in [-0.39, 0.29) is 11.9 Å². The van der Waals surface area contributed by atoms with Crippen LogP contribution in [0.2, 0.25) is 0 Å². The van der Waals surface area contributed by atoms with E-state index in [1.54, 1.807) is 6.92 Å². The number of nitrogens with one attached hydrogen (secondary N) is 1. The smallest absolute Gasteiger partial charge is 0.407 e. The highest BCUT2D eigenvalue weighted by Crippen LogP contribution is 2.32. The number of alkyl carbamates (subject to hydrolysis) is 1. The summed E-state index contributed by atoms with van der Waals surface area (Å²) in [4.78, 5) is 32.3. The van der Waals surface area contributed by atoms with Crippen LogP contribution in [0, 0.1) is 5.92 Å². The molecule has 1 aromatic carbocycles. The number of rotatable bonds is 3. The number of fused-ring (bicyclic) bond motifs is 2. The molecule has 1 fully saturated rings. The molecule has 2 amide bonds. The number of ether oxygens (including phenoxy) is 1. The highest BCUT2D eigenvalue weighted by molar-refractivity contribution is 6.07. The van der Waals surface area contributed by atoms with Crippen LogP contribution in [0.15, 0.2) is 24.3 Å². The first-order valence-corrected chi connectivity index (χ1v) is 10.7. The Morgan fingerprint density at radius 1 is 1.28 bits per heavy atom. The summed E-state index contributed by atoms with van der Waals surface area (Å²) < 4.78 is 5.01. The Hall–Kier alpha value is -2.63. The third-order valence-electron chi connectivity index (χ3n) is 6.03. The normalized spacial score (nSPS) is 21.5. The van der Waals surface area contributed by atoms with Crippen LogP contribution >= 0.6 is 0 Å². The Morgan fingerprint density at radius 2 is 2.10 bits per heavy atom. The first-order chi connectivity index (χ1) is 14.1. The van der Waals surface area contributed by atoms with E-state index in [0.29, 0.717) is 25.6 Å². The number of pyridine rings is 1. The van der Waals surface area contributed by atoms with Gasteiger partial charge in [0.1, 0.15) is 0 Å². The molecule has 2 heterocycles. The molecule has 154 valence electrons. The Kier molecular flexibility index (Phi) is 5.69. The van der Waals surface area contributed by atoms with Crippen molar-refractivity contribution in [1.29, 1.82) is 0 Å². The second-order valence-corrected chi connectivity index (χ2v) is 8.23. The molecular weight excluding hydrogens is 366 g/mol. The molecule has 0 saturated carbocycles. The third kappa shape index (κ3) is 4.07. The SMILES string of the molecule is CCOC(=O)N[C@H]1CCCN(C(=O)c2c3c(nc4ccccc24)CC[C@@H](C)C3)C1. The molecule has 0 bridgehead atoms. The molecule has 29 heavy (non-hydrogen) atoms. The van der Waals surface area contributed by atoms with E-state index in [1.807, 2.05) is 29.2 Å². The maximum atomic E-state index is 13.7. The lowest BCUT2D eigenvalue weighted by Gasteiger charge is -2.34. The maximum Gasteiger partial charge on any atom is 0.407 e. The summed E-state index contributed by atoms with van der Waals surface area (Å²) >= 11 is 0. The number of piperidine rings is 1. The number of carbonyl (C=O) groups excluding carboxylic acids is 2. The van der Waals surface area contributed by atoms with Crippen molar-refractivity contribution in [3.63, 3.8) is 0 Å². The lowest BCUT2D eigenvalue weighted by molar-refractivity contribution is 0.0686. The van der Waals surface area contributed by atoms with Gasteiger partial charge in [-0.05, 0) is 56.6 Å². The van der Waals surface area contributed by atoms with E-state index >= 15 is 0 Å². The number of carbonyl (C=O) groups is 2. The minimum atomic E-state index is -0.410. The molecule has 6 nitrogen and oxygen atoms in total. The zero-order chi connectivity index (χ0) is 20.4. The van der Waals surface area contributed by atoms with Gasteiger partial charge in [0.25, 0.3) is 5.91 Å². The molecular formula is C23H29N3O3. The maximum absolute atomic E-state index is 13.7. The minimum absolute atomic E-state index is 0.0595. The first kappa shape index (κ1) is 19.7. The van der Waals surface area contributed by atoms with Gasteiger partial charge in [0, 0.05) is 30.2 Å². The fraction of sp³-hybridized carbons (Fsp3) is 0.522.